The predicted octanol–water partition coefficient (Wildman–Crippen LogP) is 3.62. The van der Waals surface area contributed by atoms with Gasteiger partial charge in [0.05, 0.1) is 13.7 Å². The molecule has 0 aliphatic rings. The van der Waals surface area contributed by atoms with Gasteiger partial charge in [0.15, 0.2) is 11.5 Å². The SMILES string of the molecule is CCOc1ccc(CCNC(=O)Nc2ccc(Br)cn2)cc1OC. The molecule has 1 heterocycles. The van der Waals surface area contributed by atoms with Gasteiger partial charge in [-0.25, -0.2) is 9.78 Å². The zero-order chi connectivity index (χ0) is 17.4. The summed E-state index contributed by atoms with van der Waals surface area (Å²) in [5, 5.41) is 5.47. The van der Waals surface area contributed by atoms with Crippen molar-refractivity contribution in [2.75, 3.05) is 25.6 Å². The molecule has 0 unspecified atom stereocenters. The molecule has 0 aliphatic heterocycles. The van der Waals surface area contributed by atoms with Crippen LogP contribution in [-0.4, -0.2) is 31.3 Å². The van der Waals surface area contributed by atoms with Crippen LogP contribution in [0.2, 0.25) is 0 Å². The number of ether oxygens (including phenoxy) is 2. The number of methoxy groups -OCH3 is 1. The van der Waals surface area contributed by atoms with Crippen molar-refractivity contribution in [3.63, 3.8) is 0 Å². The summed E-state index contributed by atoms with van der Waals surface area (Å²) in [6, 6.07) is 9.01. The van der Waals surface area contributed by atoms with E-state index in [1.807, 2.05) is 31.2 Å². The van der Waals surface area contributed by atoms with E-state index in [0.29, 0.717) is 31.1 Å². The van der Waals surface area contributed by atoms with Crippen molar-refractivity contribution in [1.82, 2.24) is 10.3 Å². The number of nitrogens with one attached hydrogen (secondary N) is 2. The highest BCUT2D eigenvalue weighted by molar-refractivity contribution is 9.10. The van der Waals surface area contributed by atoms with Crippen LogP contribution in [0.3, 0.4) is 0 Å². The Labute approximate surface area is 149 Å². The molecule has 0 saturated carbocycles. The Morgan fingerprint density at radius 2 is 2.08 bits per heavy atom. The highest BCUT2D eigenvalue weighted by Crippen LogP contribution is 2.28. The first-order valence-corrected chi connectivity index (χ1v) is 8.37. The summed E-state index contributed by atoms with van der Waals surface area (Å²) >= 11 is 3.30. The first kappa shape index (κ1) is 18.1. The Balaban J connectivity index is 1.82. The first-order chi connectivity index (χ1) is 11.6. The van der Waals surface area contributed by atoms with Crippen molar-refractivity contribution >= 4 is 27.8 Å². The van der Waals surface area contributed by atoms with Crippen LogP contribution in [-0.2, 0) is 6.42 Å². The molecule has 0 atom stereocenters. The molecule has 2 aromatic rings. The van der Waals surface area contributed by atoms with Gasteiger partial charge >= 0.3 is 6.03 Å². The number of nitrogens with zero attached hydrogens (tertiary/aromatic N) is 1. The Hall–Kier alpha value is -2.28. The Kier molecular flexibility index (Phi) is 6.87. The molecular weight excluding hydrogens is 374 g/mol. The second-order valence-electron chi connectivity index (χ2n) is 4.91. The lowest BCUT2D eigenvalue weighted by Crippen LogP contribution is -2.30. The van der Waals surface area contributed by atoms with Crippen molar-refractivity contribution in [1.29, 1.82) is 0 Å². The van der Waals surface area contributed by atoms with Gasteiger partial charge in [-0.15, -0.1) is 0 Å². The lowest BCUT2D eigenvalue weighted by Gasteiger charge is -2.11. The second kappa shape index (κ2) is 9.12. The number of carbonyl (C=O) groups is 1. The number of aromatic nitrogens is 1. The summed E-state index contributed by atoms with van der Waals surface area (Å²) in [7, 11) is 1.61. The van der Waals surface area contributed by atoms with Gasteiger partial charge in [0.25, 0.3) is 0 Å². The van der Waals surface area contributed by atoms with Gasteiger partial charge in [-0.05, 0) is 59.1 Å². The lowest BCUT2D eigenvalue weighted by atomic mass is 10.1. The quantitative estimate of drug-likeness (QED) is 0.753. The highest BCUT2D eigenvalue weighted by atomic mass is 79.9. The van der Waals surface area contributed by atoms with Crippen molar-refractivity contribution in [2.24, 2.45) is 0 Å². The van der Waals surface area contributed by atoms with E-state index in [1.54, 1.807) is 19.4 Å². The third-order valence-electron chi connectivity index (χ3n) is 3.20. The maximum atomic E-state index is 11.8. The van der Waals surface area contributed by atoms with Crippen LogP contribution >= 0.6 is 15.9 Å². The van der Waals surface area contributed by atoms with E-state index in [-0.39, 0.29) is 6.03 Å². The van der Waals surface area contributed by atoms with Gasteiger partial charge in [0.2, 0.25) is 0 Å². The molecular formula is C17H20BrN3O3. The number of urea groups is 1. The number of amides is 2. The van der Waals surface area contributed by atoms with E-state index in [9.17, 15) is 4.79 Å². The zero-order valence-electron chi connectivity index (χ0n) is 13.6. The van der Waals surface area contributed by atoms with Gasteiger partial charge in [-0.2, -0.15) is 0 Å². The van der Waals surface area contributed by atoms with E-state index >= 15 is 0 Å². The summed E-state index contributed by atoms with van der Waals surface area (Å²) in [6.07, 6.45) is 2.31. The van der Waals surface area contributed by atoms with E-state index in [0.717, 1.165) is 15.8 Å². The lowest BCUT2D eigenvalue weighted by molar-refractivity contribution is 0.252. The number of rotatable bonds is 7. The summed E-state index contributed by atoms with van der Waals surface area (Å²) in [5.74, 6) is 1.91. The van der Waals surface area contributed by atoms with Gasteiger partial charge in [-0.3, -0.25) is 5.32 Å². The molecule has 128 valence electrons. The molecule has 2 rings (SSSR count). The fraction of sp³-hybridized carbons (Fsp3) is 0.294. The van der Waals surface area contributed by atoms with Crippen LogP contribution in [0.5, 0.6) is 11.5 Å². The Morgan fingerprint density at radius 1 is 1.25 bits per heavy atom. The average Bonchev–Trinajstić information content (AvgIpc) is 2.58. The number of anilines is 1. The maximum Gasteiger partial charge on any atom is 0.320 e. The van der Waals surface area contributed by atoms with Crippen LogP contribution in [0.15, 0.2) is 41.0 Å². The third-order valence-corrected chi connectivity index (χ3v) is 3.67. The minimum absolute atomic E-state index is 0.289. The number of pyridine rings is 1. The van der Waals surface area contributed by atoms with Crippen LogP contribution in [0, 0.1) is 0 Å². The number of hydrogen-bond donors (Lipinski definition) is 2. The molecule has 1 aromatic carbocycles. The van der Waals surface area contributed by atoms with Crippen LogP contribution in [0.25, 0.3) is 0 Å². The molecule has 2 amide bonds. The topological polar surface area (TPSA) is 72.5 Å². The first-order valence-electron chi connectivity index (χ1n) is 7.58. The number of halogens is 1. The van der Waals surface area contributed by atoms with Crippen LogP contribution in [0.4, 0.5) is 10.6 Å². The zero-order valence-corrected chi connectivity index (χ0v) is 15.2. The second-order valence-corrected chi connectivity index (χ2v) is 5.83. The predicted molar refractivity (Wildman–Crippen MR) is 96.8 cm³/mol. The van der Waals surface area contributed by atoms with Crippen LogP contribution in [0.1, 0.15) is 12.5 Å². The summed E-state index contributed by atoms with van der Waals surface area (Å²) in [6.45, 7) is 3.01. The smallest absolute Gasteiger partial charge is 0.320 e. The number of carbonyl (C=O) groups excluding carboxylic acids is 1. The van der Waals surface area contributed by atoms with E-state index in [4.69, 9.17) is 9.47 Å². The highest BCUT2D eigenvalue weighted by Gasteiger charge is 2.06. The van der Waals surface area contributed by atoms with Crippen molar-refractivity contribution in [3.8, 4) is 11.5 Å². The minimum Gasteiger partial charge on any atom is -0.493 e. The van der Waals surface area contributed by atoms with Gasteiger partial charge in [-0.1, -0.05) is 6.07 Å². The molecule has 2 N–H and O–H groups in total. The van der Waals surface area contributed by atoms with Gasteiger partial charge < -0.3 is 14.8 Å². The Morgan fingerprint density at radius 3 is 2.75 bits per heavy atom. The van der Waals surface area contributed by atoms with Crippen LogP contribution < -0.4 is 20.1 Å². The molecule has 0 spiro atoms. The molecule has 1 aromatic heterocycles. The standard InChI is InChI=1S/C17H20BrN3O3/c1-3-24-14-6-4-12(10-15(14)23-2)8-9-19-17(22)21-16-7-5-13(18)11-20-16/h4-7,10-11H,3,8-9H2,1-2H3,(H2,19,20,21,22). The van der Waals surface area contributed by atoms with Crippen molar-refractivity contribution in [3.05, 3.63) is 46.6 Å². The van der Waals surface area contributed by atoms with Crippen molar-refractivity contribution in [2.45, 2.75) is 13.3 Å². The van der Waals surface area contributed by atoms with Crippen molar-refractivity contribution < 1.29 is 14.3 Å². The van der Waals surface area contributed by atoms with E-state index in [1.165, 1.54) is 0 Å². The third kappa shape index (κ3) is 5.42. The van der Waals surface area contributed by atoms with E-state index < -0.39 is 0 Å². The average molecular weight is 394 g/mol. The molecule has 6 nitrogen and oxygen atoms in total. The maximum absolute atomic E-state index is 11.8. The Bertz CT molecular complexity index is 677. The van der Waals surface area contributed by atoms with Gasteiger partial charge in [0.1, 0.15) is 5.82 Å². The molecule has 24 heavy (non-hydrogen) atoms. The fourth-order valence-corrected chi connectivity index (χ4v) is 2.31. The fourth-order valence-electron chi connectivity index (χ4n) is 2.07. The normalized spacial score (nSPS) is 10.1. The molecule has 0 radical (unpaired) electrons. The summed E-state index contributed by atoms with van der Waals surface area (Å²) < 4.78 is 11.7. The van der Waals surface area contributed by atoms with E-state index in [2.05, 4.69) is 31.5 Å². The number of hydrogen-bond acceptors (Lipinski definition) is 4. The number of benzene rings is 1. The molecule has 0 bridgehead atoms. The molecule has 0 aliphatic carbocycles. The monoisotopic (exact) mass is 393 g/mol. The minimum atomic E-state index is -0.289. The summed E-state index contributed by atoms with van der Waals surface area (Å²) in [4.78, 5) is 15.9. The molecule has 7 heteroatoms. The molecule has 0 fully saturated rings. The summed E-state index contributed by atoms with van der Waals surface area (Å²) in [5.41, 5.74) is 1.05. The molecule has 0 saturated heterocycles. The largest absolute Gasteiger partial charge is 0.493 e. The van der Waals surface area contributed by atoms with Gasteiger partial charge in [0, 0.05) is 17.2 Å².